The monoisotopic (exact) mass is 275 g/mol. The van der Waals surface area contributed by atoms with Crippen LogP contribution in [0.1, 0.15) is 25.3 Å². The first-order chi connectivity index (χ1) is 9.74. The lowest BCUT2D eigenvalue weighted by molar-refractivity contribution is -0.124. The average molecular weight is 275 g/mol. The van der Waals surface area contributed by atoms with E-state index in [1.165, 1.54) is 16.9 Å². The Bertz CT molecular complexity index is 609. The van der Waals surface area contributed by atoms with E-state index in [1.807, 2.05) is 0 Å². The van der Waals surface area contributed by atoms with Crippen molar-refractivity contribution in [2.45, 2.75) is 25.3 Å². The van der Waals surface area contributed by atoms with Gasteiger partial charge in [-0.15, -0.1) is 10.2 Å². The number of hydrogen-bond donors (Lipinski definition) is 1. The van der Waals surface area contributed by atoms with Crippen molar-refractivity contribution < 1.29 is 9.18 Å². The SMILES string of the molecule is O=C1NCCCC[C@H]1n1nnc(-c2ccc(F)cc2)n1. The highest BCUT2D eigenvalue weighted by atomic mass is 19.1. The molecule has 1 aromatic carbocycles. The van der Waals surface area contributed by atoms with E-state index in [9.17, 15) is 9.18 Å². The molecule has 0 aliphatic carbocycles. The van der Waals surface area contributed by atoms with Gasteiger partial charge in [0.05, 0.1) is 0 Å². The maximum absolute atomic E-state index is 12.9. The van der Waals surface area contributed by atoms with E-state index < -0.39 is 6.04 Å². The maximum Gasteiger partial charge on any atom is 0.246 e. The molecule has 1 aliphatic rings. The maximum atomic E-state index is 12.9. The second kappa shape index (κ2) is 5.36. The number of carbonyl (C=O) groups excluding carboxylic acids is 1. The van der Waals surface area contributed by atoms with E-state index >= 15 is 0 Å². The third-order valence-electron chi connectivity index (χ3n) is 3.32. The van der Waals surface area contributed by atoms with Crippen LogP contribution in [0.25, 0.3) is 11.4 Å². The van der Waals surface area contributed by atoms with E-state index in [0.717, 1.165) is 12.8 Å². The van der Waals surface area contributed by atoms with Crippen molar-refractivity contribution in [1.82, 2.24) is 25.5 Å². The molecule has 1 aliphatic heterocycles. The van der Waals surface area contributed by atoms with Crippen LogP contribution < -0.4 is 5.32 Å². The van der Waals surface area contributed by atoms with Crippen LogP contribution in [-0.4, -0.2) is 32.7 Å². The molecule has 20 heavy (non-hydrogen) atoms. The molecule has 0 radical (unpaired) electrons. The number of amides is 1. The molecule has 1 amide bonds. The van der Waals surface area contributed by atoms with E-state index in [2.05, 4.69) is 20.7 Å². The smallest absolute Gasteiger partial charge is 0.246 e. The van der Waals surface area contributed by atoms with Gasteiger partial charge in [-0.1, -0.05) is 0 Å². The minimum absolute atomic E-state index is 0.0782. The van der Waals surface area contributed by atoms with Crippen LogP contribution in [-0.2, 0) is 4.79 Å². The molecule has 7 heteroatoms. The molecule has 6 nitrogen and oxygen atoms in total. The predicted molar refractivity (Wildman–Crippen MR) is 69.1 cm³/mol. The normalized spacial score (nSPS) is 19.4. The van der Waals surface area contributed by atoms with Gasteiger partial charge in [0.15, 0.2) is 6.04 Å². The van der Waals surface area contributed by atoms with Crippen LogP contribution in [0.2, 0.25) is 0 Å². The van der Waals surface area contributed by atoms with Gasteiger partial charge in [0.1, 0.15) is 5.82 Å². The van der Waals surface area contributed by atoms with Crippen LogP contribution in [0.3, 0.4) is 0 Å². The van der Waals surface area contributed by atoms with Gasteiger partial charge in [0.2, 0.25) is 11.7 Å². The number of aromatic nitrogens is 4. The van der Waals surface area contributed by atoms with E-state index in [4.69, 9.17) is 0 Å². The van der Waals surface area contributed by atoms with Gasteiger partial charge in [0.25, 0.3) is 0 Å². The molecule has 1 saturated heterocycles. The average Bonchev–Trinajstić information content (AvgIpc) is 2.83. The summed E-state index contributed by atoms with van der Waals surface area (Å²) in [5.74, 6) is -0.00288. The number of benzene rings is 1. The fourth-order valence-electron chi connectivity index (χ4n) is 2.22. The highest BCUT2D eigenvalue weighted by Crippen LogP contribution is 2.19. The van der Waals surface area contributed by atoms with Crippen molar-refractivity contribution in [2.75, 3.05) is 6.54 Å². The number of nitrogens with zero attached hydrogens (tertiary/aromatic N) is 4. The van der Waals surface area contributed by atoms with E-state index in [-0.39, 0.29) is 11.7 Å². The Morgan fingerprint density at radius 3 is 2.85 bits per heavy atom. The first-order valence-corrected chi connectivity index (χ1v) is 6.57. The highest BCUT2D eigenvalue weighted by Gasteiger charge is 2.25. The second-order valence-electron chi connectivity index (χ2n) is 4.74. The van der Waals surface area contributed by atoms with Gasteiger partial charge in [-0.05, 0) is 48.7 Å². The molecule has 0 unspecified atom stereocenters. The zero-order valence-corrected chi connectivity index (χ0v) is 10.8. The first kappa shape index (κ1) is 12.7. The lowest BCUT2D eigenvalue weighted by Gasteiger charge is -2.10. The first-order valence-electron chi connectivity index (χ1n) is 6.57. The van der Waals surface area contributed by atoms with E-state index in [1.54, 1.807) is 12.1 Å². The molecule has 1 fully saturated rings. The van der Waals surface area contributed by atoms with Gasteiger partial charge in [-0.3, -0.25) is 4.79 Å². The van der Waals surface area contributed by atoms with Gasteiger partial charge >= 0.3 is 0 Å². The predicted octanol–water partition coefficient (Wildman–Crippen LogP) is 1.32. The van der Waals surface area contributed by atoms with Crippen LogP contribution >= 0.6 is 0 Å². The van der Waals surface area contributed by atoms with Gasteiger partial charge in [-0.2, -0.15) is 4.80 Å². The minimum atomic E-state index is -0.417. The standard InChI is InChI=1S/C13H14FN5O/c14-10-6-4-9(5-7-10)12-16-18-19(17-12)11-3-1-2-8-15-13(11)20/h4-7,11H,1-3,8H2,(H,15,20)/t11-/m1/s1. The minimum Gasteiger partial charge on any atom is -0.354 e. The summed E-state index contributed by atoms with van der Waals surface area (Å²) in [6.07, 6.45) is 2.60. The number of tetrazole rings is 1. The van der Waals surface area contributed by atoms with Crippen molar-refractivity contribution >= 4 is 5.91 Å². The van der Waals surface area contributed by atoms with Crippen LogP contribution in [0.4, 0.5) is 4.39 Å². The Hall–Kier alpha value is -2.31. The summed E-state index contributed by atoms with van der Waals surface area (Å²) in [5, 5.41) is 15.0. The van der Waals surface area contributed by atoms with Crippen LogP contribution in [0, 0.1) is 5.82 Å². The van der Waals surface area contributed by atoms with Crippen molar-refractivity contribution in [3.63, 3.8) is 0 Å². The summed E-state index contributed by atoms with van der Waals surface area (Å²) in [7, 11) is 0. The molecule has 2 heterocycles. The topological polar surface area (TPSA) is 72.7 Å². The van der Waals surface area contributed by atoms with Gasteiger partial charge in [0, 0.05) is 12.1 Å². The molecule has 2 aromatic rings. The molecular formula is C13H14FN5O. The van der Waals surface area contributed by atoms with Crippen LogP contribution in [0.5, 0.6) is 0 Å². The number of hydrogen-bond acceptors (Lipinski definition) is 4. The number of halogens is 1. The van der Waals surface area contributed by atoms with Gasteiger partial charge in [-0.25, -0.2) is 4.39 Å². The zero-order chi connectivity index (χ0) is 13.9. The van der Waals surface area contributed by atoms with Crippen molar-refractivity contribution in [2.24, 2.45) is 0 Å². The summed E-state index contributed by atoms with van der Waals surface area (Å²) in [4.78, 5) is 13.3. The number of carbonyl (C=O) groups is 1. The Kier molecular flexibility index (Phi) is 3.41. The fourth-order valence-corrected chi connectivity index (χ4v) is 2.22. The van der Waals surface area contributed by atoms with Crippen LogP contribution in [0.15, 0.2) is 24.3 Å². The second-order valence-corrected chi connectivity index (χ2v) is 4.74. The molecule has 3 rings (SSSR count). The quantitative estimate of drug-likeness (QED) is 0.897. The Balaban J connectivity index is 1.85. The molecular weight excluding hydrogens is 261 g/mol. The molecule has 0 bridgehead atoms. The number of nitrogens with one attached hydrogen (secondary N) is 1. The highest BCUT2D eigenvalue weighted by molar-refractivity contribution is 5.80. The summed E-state index contributed by atoms with van der Waals surface area (Å²) >= 11 is 0. The van der Waals surface area contributed by atoms with Crippen molar-refractivity contribution in [3.8, 4) is 11.4 Å². The largest absolute Gasteiger partial charge is 0.354 e. The van der Waals surface area contributed by atoms with Crippen molar-refractivity contribution in [1.29, 1.82) is 0 Å². The van der Waals surface area contributed by atoms with E-state index in [0.29, 0.717) is 24.4 Å². The third-order valence-corrected chi connectivity index (χ3v) is 3.32. The Labute approximate surface area is 115 Å². The summed E-state index contributed by atoms with van der Waals surface area (Å²) < 4.78 is 12.9. The molecule has 0 saturated carbocycles. The summed E-state index contributed by atoms with van der Waals surface area (Å²) in [5.41, 5.74) is 0.673. The summed E-state index contributed by atoms with van der Waals surface area (Å²) in [6, 6.07) is 5.44. The zero-order valence-electron chi connectivity index (χ0n) is 10.8. The fraction of sp³-hybridized carbons (Fsp3) is 0.385. The number of rotatable bonds is 2. The molecule has 104 valence electrons. The van der Waals surface area contributed by atoms with Crippen molar-refractivity contribution in [3.05, 3.63) is 30.1 Å². The lowest BCUT2D eigenvalue weighted by atomic mass is 10.1. The third kappa shape index (κ3) is 2.52. The lowest BCUT2D eigenvalue weighted by Crippen LogP contribution is -2.32. The van der Waals surface area contributed by atoms with Gasteiger partial charge < -0.3 is 5.32 Å². The Morgan fingerprint density at radius 1 is 1.25 bits per heavy atom. The molecule has 1 N–H and O–H groups in total. The summed E-state index contributed by atoms with van der Waals surface area (Å²) in [6.45, 7) is 0.689. The Morgan fingerprint density at radius 2 is 2.05 bits per heavy atom. The molecule has 0 spiro atoms. The molecule has 1 aromatic heterocycles. The molecule has 1 atom stereocenters.